The third-order valence-corrected chi connectivity index (χ3v) is 6.29. The highest BCUT2D eigenvalue weighted by molar-refractivity contribution is 7.99. The maximum absolute atomic E-state index is 12.4. The first kappa shape index (κ1) is 21.4. The number of rotatable bonds is 8. The van der Waals surface area contributed by atoms with Gasteiger partial charge in [-0.05, 0) is 49.9 Å². The summed E-state index contributed by atoms with van der Waals surface area (Å²) in [7, 11) is 1.59. The lowest BCUT2D eigenvalue weighted by atomic mass is 9.97. The Balaban J connectivity index is 1.26. The van der Waals surface area contributed by atoms with E-state index < -0.39 is 0 Å². The van der Waals surface area contributed by atoms with Gasteiger partial charge in [-0.15, -0.1) is 10.2 Å². The maximum atomic E-state index is 12.4. The van der Waals surface area contributed by atoms with E-state index in [1.165, 1.54) is 11.8 Å². The van der Waals surface area contributed by atoms with Crippen LogP contribution in [-0.2, 0) is 9.59 Å². The maximum Gasteiger partial charge on any atom is 0.234 e. The first-order chi connectivity index (χ1) is 15.1. The van der Waals surface area contributed by atoms with Gasteiger partial charge in [-0.1, -0.05) is 17.8 Å². The average Bonchev–Trinajstić information content (AvgIpc) is 3.62. The second-order valence-corrected chi connectivity index (χ2v) is 8.86. The number of benzene rings is 1. The van der Waals surface area contributed by atoms with Gasteiger partial charge in [-0.2, -0.15) is 0 Å². The smallest absolute Gasteiger partial charge is 0.234 e. The van der Waals surface area contributed by atoms with Gasteiger partial charge in [0.15, 0.2) is 5.82 Å². The molecule has 9 heteroatoms. The summed E-state index contributed by atoms with van der Waals surface area (Å²) in [6.45, 7) is 1.54. The molecule has 4 rings (SSSR count). The van der Waals surface area contributed by atoms with Crippen LogP contribution in [0.3, 0.4) is 0 Å². The van der Waals surface area contributed by atoms with Crippen molar-refractivity contribution in [2.24, 2.45) is 5.92 Å². The highest BCUT2D eigenvalue weighted by atomic mass is 32.2. The number of nitrogens with zero attached hydrogens (tertiary/aromatic N) is 3. The lowest BCUT2D eigenvalue weighted by Crippen LogP contribution is -2.44. The molecular weight excluding hydrogens is 414 g/mol. The summed E-state index contributed by atoms with van der Waals surface area (Å²) in [6.07, 6.45) is 4.08. The van der Waals surface area contributed by atoms with E-state index in [4.69, 9.17) is 4.74 Å². The van der Waals surface area contributed by atoms with Crippen molar-refractivity contribution in [3.63, 3.8) is 0 Å². The average molecular weight is 442 g/mol. The van der Waals surface area contributed by atoms with Crippen LogP contribution in [0, 0.1) is 5.92 Å². The number of hydrogen-bond acceptors (Lipinski definition) is 7. The molecule has 1 atom stereocenters. The topological polar surface area (TPSA) is 96.5 Å². The number of piperidine rings is 1. The van der Waals surface area contributed by atoms with Crippen LogP contribution in [0.25, 0.3) is 0 Å². The fraction of sp³-hybridized carbons (Fsp3) is 0.455. The first-order valence-electron chi connectivity index (χ1n) is 10.6. The predicted octanol–water partition coefficient (Wildman–Crippen LogP) is 2.71. The lowest BCUT2D eigenvalue weighted by molar-refractivity contribution is -0.125. The molecule has 1 saturated carbocycles. The van der Waals surface area contributed by atoms with E-state index in [9.17, 15) is 9.59 Å². The molecule has 0 spiro atoms. The van der Waals surface area contributed by atoms with E-state index in [2.05, 4.69) is 25.7 Å². The molecule has 1 aromatic heterocycles. The molecule has 8 nitrogen and oxygen atoms in total. The van der Waals surface area contributed by atoms with Crippen LogP contribution in [0.5, 0.6) is 5.75 Å². The number of carbonyl (C=O) groups excluding carboxylic acids is 2. The van der Waals surface area contributed by atoms with Crippen molar-refractivity contribution in [3.05, 3.63) is 36.4 Å². The number of aromatic nitrogens is 2. The highest BCUT2D eigenvalue weighted by Crippen LogP contribution is 2.25. The molecule has 31 heavy (non-hydrogen) atoms. The van der Waals surface area contributed by atoms with Crippen LogP contribution in [0.2, 0.25) is 0 Å². The van der Waals surface area contributed by atoms with Gasteiger partial charge in [0.05, 0.1) is 18.8 Å². The van der Waals surface area contributed by atoms with Crippen molar-refractivity contribution in [1.29, 1.82) is 0 Å². The van der Waals surface area contributed by atoms with Gasteiger partial charge in [0, 0.05) is 30.9 Å². The van der Waals surface area contributed by atoms with Gasteiger partial charge in [0.1, 0.15) is 10.8 Å². The summed E-state index contributed by atoms with van der Waals surface area (Å²) in [5.74, 6) is 1.74. The fourth-order valence-corrected chi connectivity index (χ4v) is 4.16. The number of hydrogen-bond donors (Lipinski definition) is 2. The second kappa shape index (κ2) is 10.00. The Morgan fingerprint density at radius 3 is 2.81 bits per heavy atom. The van der Waals surface area contributed by atoms with Gasteiger partial charge in [0.2, 0.25) is 11.8 Å². The van der Waals surface area contributed by atoms with Crippen LogP contribution >= 0.6 is 11.8 Å². The molecule has 0 bridgehead atoms. The van der Waals surface area contributed by atoms with Gasteiger partial charge < -0.3 is 20.3 Å². The van der Waals surface area contributed by atoms with Crippen LogP contribution in [0.4, 0.5) is 11.5 Å². The van der Waals surface area contributed by atoms with Crippen molar-refractivity contribution >= 4 is 35.1 Å². The Bertz CT molecular complexity index is 920. The molecule has 164 valence electrons. The molecule has 1 aliphatic carbocycles. The Kier molecular flexibility index (Phi) is 6.91. The summed E-state index contributed by atoms with van der Waals surface area (Å²) < 4.78 is 5.17. The SMILES string of the molecule is COc1cccc(NC(=O)CSc2ccc(N3CCCC(C(=O)NC4CC4)C3)nn2)c1. The van der Waals surface area contributed by atoms with E-state index in [-0.39, 0.29) is 23.5 Å². The molecule has 2 heterocycles. The second-order valence-electron chi connectivity index (χ2n) is 7.87. The van der Waals surface area contributed by atoms with Crippen molar-refractivity contribution in [1.82, 2.24) is 15.5 Å². The first-order valence-corrected chi connectivity index (χ1v) is 11.5. The summed E-state index contributed by atoms with van der Waals surface area (Å²) in [5, 5.41) is 15.2. The van der Waals surface area contributed by atoms with Crippen LogP contribution in [0.15, 0.2) is 41.4 Å². The monoisotopic (exact) mass is 441 g/mol. The molecule has 0 radical (unpaired) electrons. The molecule has 2 aliphatic rings. The molecule has 2 amide bonds. The van der Waals surface area contributed by atoms with Crippen molar-refractivity contribution in [3.8, 4) is 5.75 Å². The Morgan fingerprint density at radius 1 is 1.19 bits per heavy atom. The number of ether oxygens (including phenoxy) is 1. The number of carbonyl (C=O) groups is 2. The van der Waals surface area contributed by atoms with Gasteiger partial charge >= 0.3 is 0 Å². The van der Waals surface area contributed by atoms with E-state index >= 15 is 0 Å². The Morgan fingerprint density at radius 2 is 2.06 bits per heavy atom. The van der Waals surface area contributed by atoms with E-state index in [0.29, 0.717) is 29.0 Å². The minimum atomic E-state index is -0.121. The zero-order valence-corrected chi connectivity index (χ0v) is 18.4. The Labute approximate surface area is 186 Å². The zero-order valence-electron chi connectivity index (χ0n) is 17.5. The van der Waals surface area contributed by atoms with Crippen LogP contribution < -0.4 is 20.3 Å². The molecule has 1 aromatic carbocycles. The quantitative estimate of drug-likeness (QED) is 0.608. The Hall–Kier alpha value is -2.81. The minimum Gasteiger partial charge on any atom is -0.497 e. The lowest BCUT2D eigenvalue weighted by Gasteiger charge is -2.32. The van der Waals surface area contributed by atoms with Gasteiger partial charge in [-0.25, -0.2) is 0 Å². The number of anilines is 2. The van der Waals surface area contributed by atoms with E-state index in [1.807, 2.05) is 30.3 Å². The van der Waals surface area contributed by atoms with Gasteiger partial charge in [0.25, 0.3) is 0 Å². The molecule has 2 N–H and O–H groups in total. The van der Waals surface area contributed by atoms with E-state index in [0.717, 1.165) is 38.0 Å². The summed E-state index contributed by atoms with van der Waals surface area (Å²) in [5.41, 5.74) is 0.691. The number of amides is 2. The molecule has 2 aromatic rings. The fourth-order valence-electron chi connectivity index (χ4n) is 3.54. The van der Waals surface area contributed by atoms with Crippen molar-refractivity contribution < 1.29 is 14.3 Å². The zero-order chi connectivity index (χ0) is 21.6. The van der Waals surface area contributed by atoms with Crippen LogP contribution in [0.1, 0.15) is 25.7 Å². The van der Waals surface area contributed by atoms with Gasteiger partial charge in [-0.3, -0.25) is 9.59 Å². The minimum absolute atomic E-state index is 0.00510. The summed E-state index contributed by atoms with van der Waals surface area (Å²) in [6, 6.07) is 11.4. The summed E-state index contributed by atoms with van der Waals surface area (Å²) >= 11 is 1.33. The van der Waals surface area contributed by atoms with Crippen molar-refractivity contribution in [2.45, 2.75) is 36.8 Å². The predicted molar refractivity (Wildman–Crippen MR) is 120 cm³/mol. The van der Waals surface area contributed by atoms with Crippen molar-refractivity contribution in [2.75, 3.05) is 36.2 Å². The molecule has 2 fully saturated rings. The third kappa shape index (κ3) is 6.10. The normalized spacial score (nSPS) is 18.4. The molecule has 1 aliphatic heterocycles. The highest BCUT2D eigenvalue weighted by Gasteiger charge is 2.30. The number of thioether (sulfide) groups is 1. The molecule has 1 saturated heterocycles. The largest absolute Gasteiger partial charge is 0.497 e. The number of methoxy groups -OCH3 is 1. The summed E-state index contributed by atoms with van der Waals surface area (Å²) in [4.78, 5) is 26.7. The van der Waals surface area contributed by atoms with Crippen LogP contribution in [-0.4, -0.2) is 54.0 Å². The van der Waals surface area contributed by atoms with E-state index in [1.54, 1.807) is 13.2 Å². The molecular formula is C22H27N5O3S. The number of nitrogens with one attached hydrogen (secondary N) is 2. The third-order valence-electron chi connectivity index (χ3n) is 5.37. The standard InChI is InChI=1S/C22H27N5O3S/c1-30-18-6-2-5-17(12-18)23-20(28)14-31-21-10-9-19(25-26-21)27-11-3-4-15(13-27)22(29)24-16-7-8-16/h2,5-6,9-10,12,15-16H,3-4,7-8,11,13-14H2,1H3,(H,23,28)(H,24,29). The molecule has 1 unspecified atom stereocenters.